The van der Waals surface area contributed by atoms with Gasteiger partial charge in [0.15, 0.2) is 0 Å². The van der Waals surface area contributed by atoms with Crippen LogP contribution in [0.4, 0.5) is 0 Å². The van der Waals surface area contributed by atoms with E-state index >= 15 is 0 Å². The van der Waals surface area contributed by atoms with Crippen LogP contribution in [0.5, 0.6) is 0 Å². The molecule has 3 heteroatoms. The molecule has 1 aromatic rings. The maximum Gasteiger partial charge on any atom is 0.117 e. The lowest BCUT2D eigenvalue weighted by Gasteiger charge is -2.26. The molecule has 0 aliphatic rings. The van der Waals surface area contributed by atoms with Gasteiger partial charge >= 0.3 is 0 Å². The third kappa shape index (κ3) is 6.49. The van der Waals surface area contributed by atoms with Crippen LogP contribution in [0.3, 0.4) is 0 Å². The Hall–Kier alpha value is -0.800. The Morgan fingerprint density at radius 1 is 1.41 bits per heavy atom. The highest BCUT2D eigenvalue weighted by Crippen LogP contribution is 2.07. The molecule has 0 aliphatic carbocycles. The Morgan fingerprint density at radius 3 is 2.65 bits per heavy atom. The Bertz CT molecular complexity index is 301. The molecule has 1 unspecified atom stereocenters. The van der Waals surface area contributed by atoms with Gasteiger partial charge in [0.2, 0.25) is 0 Å². The molecule has 98 valence electrons. The van der Waals surface area contributed by atoms with Crippen molar-refractivity contribution in [3.05, 3.63) is 24.2 Å². The van der Waals surface area contributed by atoms with Crippen molar-refractivity contribution >= 4 is 0 Å². The van der Waals surface area contributed by atoms with Gasteiger partial charge in [0.05, 0.1) is 12.8 Å². The van der Waals surface area contributed by atoms with Gasteiger partial charge in [0.25, 0.3) is 0 Å². The second-order valence-electron chi connectivity index (χ2n) is 6.01. The molecule has 1 heterocycles. The lowest BCUT2D eigenvalue weighted by Crippen LogP contribution is -2.40. The molecule has 0 bridgehead atoms. The van der Waals surface area contributed by atoms with E-state index < -0.39 is 0 Å². The Labute approximate surface area is 105 Å². The first-order valence-corrected chi connectivity index (χ1v) is 6.33. The number of hydrogen-bond acceptors (Lipinski definition) is 3. The van der Waals surface area contributed by atoms with Gasteiger partial charge in [-0.05, 0) is 52.4 Å². The molecule has 1 rings (SSSR count). The summed E-state index contributed by atoms with van der Waals surface area (Å²) in [6.45, 7) is 11.9. The summed E-state index contributed by atoms with van der Waals surface area (Å²) in [6.07, 6.45) is 1.73. The van der Waals surface area contributed by atoms with Crippen LogP contribution >= 0.6 is 0 Å². The predicted molar refractivity (Wildman–Crippen MR) is 72.0 cm³/mol. The van der Waals surface area contributed by atoms with E-state index in [4.69, 9.17) is 4.42 Å². The highest BCUT2D eigenvalue weighted by atomic mass is 16.3. The zero-order chi connectivity index (χ0) is 12.9. The van der Waals surface area contributed by atoms with Gasteiger partial charge < -0.3 is 9.73 Å². The normalized spacial score (nSPS) is 14.2. The number of nitrogens with zero attached hydrogens (tertiary/aromatic N) is 1. The topological polar surface area (TPSA) is 28.4 Å². The summed E-state index contributed by atoms with van der Waals surface area (Å²) >= 11 is 0. The zero-order valence-electron chi connectivity index (χ0n) is 11.8. The summed E-state index contributed by atoms with van der Waals surface area (Å²) in [6, 6.07) is 3.96. The van der Waals surface area contributed by atoms with Crippen LogP contribution in [-0.2, 0) is 6.54 Å². The third-order valence-corrected chi connectivity index (χ3v) is 2.61. The van der Waals surface area contributed by atoms with Crippen molar-refractivity contribution in [3.8, 4) is 0 Å². The van der Waals surface area contributed by atoms with E-state index in [-0.39, 0.29) is 5.54 Å². The van der Waals surface area contributed by atoms with Crippen molar-refractivity contribution in [1.82, 2.24) is 10.2 Å². The van der Waals surface area contributed by atoms with Gasteiger partial charge in [-0.25, -0.2) is 0 Å². The van der Waals surface area contributed by atoms with Crippen LogP contribution in [-0.4, -0.2) is 30.6 Å². The van der Waals surface area contributed by atoms with Crippen LogP contribution in [0.2, 0.25) is 0 Å². The molecule has 1 aromatic heterocycles. The Balaban J connectivity index is 2.24. The van der Waals surface area contributed by atoms with Crippen molar-refractivity contribution in [2.24, 2.45) is 5.92 Å². The molecule has 3 nitrogen and oxygen atoms in total. The molecular weight excluding hydrogens is 212 g/mol. The summed E-state index contributed by atoms with van der Waals surface area (Å²) in [4.78, 5) is 2.30. The number of nitrogens with one attached hydrogen (secondary N) is 1. The van der Waals surface area contributed by atoms with E-state index in [0.29, 0.717) is 5.92 Å². The molecule has 0 amide bonds. The van der Waals surface area contributed by atoms with Crippen LogP contribution < -0.4 is 5.32 Å². The minimum atomic E-state index is 0.202. The molecule has 0 spiro atoms. The summed E-state index contributed by atoms with van der Waals surface area (Å²) in [5.41, 5.74) is 0.202. The lowest BCUT2D eigenvalue weighted by molar-refractivity contribution is 0.245. The summed E-state index contributed by atoms with van der Waals surface area (Å²) in [5.74, 6) is 1.66. The maximum absolute atomic E-state index is 5.34. The molecule has 0 saturated heterocycles. The van der Waals surface area contributed by atoms with Gasteiger partial charge in [0.1, 0.15) is 5.76 Å². The van der Waals surface area contributed by atoms with Crippen molar-refractivity contribution < 1.29 is 4.42 Å². The molecule has 1 N–H and O–H groups in total. The number of rotatable bonds is 6. The lowest BCUT2D eigenvalue weighted by atomic mass is 10.1. The molecular formula is C14H26N2O. The summed E-state index contributed by atoms with van der Waals surface area (Å²) < 4.78 is 5.34. The molecule has 0 saturated carbocycles. The Morgan fingerprint density at radius 2 is 2.12 bits per heavy atom. The van der Waals surface area contributed by atoms with E-state index in [0.717, 1.165) is 25.4 Å². The largest absolute Gasteiger partial charge is 0.468 e. The van der Waals surface area contributed by atoms with Crippen LogP contribution in [0, 0.1) is 5.92 Å². The fourth-order valence-corrected chi connectivity index (χ4v) is 1.81. The van der Waals surface area contributed by atoms with Gasteiger partial charge in [-0.1, -0.05) is 6.92 Å². The minimum absolute atomic E-state index is 0.202. The fraction of sp³-hybridized carbons (Fsp3) is 0.714. The van der Waals surface area contributed by atoms with Crippen LogP contribution in [0.25, 0.3) is 0 Å². The average Bonchev–Trinajstić information content (AvgIpc) is 2.66. The number of furan rings is 1. The van der Waals surface area contributed by atoms with E-state index in [9.17, 15) is 0 Å². The molecule has 0 radical (unpaired) electrons. The van der Waals surface area contributed by atoms with Crippen molar-refractivity contribution in [3.63, 3.8) is 0 Å². The van der Waals surface area contributed by atoms with E-state index in [1.165, 1.54) is 0 Å². The second kappa shape index (κ2) is 6.22. The second-order valence-corrected chi connectivity index (χ2v) is 6.01. The number of hydrogen-bond donors (Lipinski definition) is 1. The first-order valence-electron chi connectivity index (χ1n) is 6.33. The van der Waals surface area contributed by atoms with Crippen molar-refractivity contribution in [2.75, 3.05) is 20.1 Å². The van der Waals surface area contributed by atoms with Crippen LogP contribution in [0.15, 0.2) is 22.8 Å². The van der Waals surface area contributed by atoms with E-state index in [2.05, 4.69) is 45.0 Å². The first-order chi connectivity index (χ1) is 7.87. The molecule has 17 heavy (non-hydrogen) atoms. The quantitative estimate of drug-likeness (QED) is 0.826. The molecule has 1 atom stereocenters. The molecule has 0 aromatic carbocycles. The van der Waals surface area contributed by atoms with E-state index in [1.54, 1.807) is 6.26 Å². The third-order valence-electron chi connectivity index (χ3n) is 2.61. The monoisotopic (exact) mass is 238 g/mol. The van der Waals surface area contributed by atoms with E-state index in [1.807, 2.05) is 12.1 Å². The van der Waals surface area contributed by atoms with Crippen molar-refractivity contribution in [2.45, 2.75) is 39.8 Å². The highest BCUT2D eigenvalue weighted by molar-refractivity contribution is 4.97. The Kier molecular flexibility index (Phi) is 5.22. The highest BCUT2D eigenvalue weighted by Gasteiger charge is 2.12. The predicted octanol–water partition coefficient (Wildman–Crippen LogP) is 2.74. The first kappa shape index (κ1) is 14.3. The summed E-state index contributed by atoms with van der Waals surface area (Å²) in [5, 5.41) is 3.54. The maximum atomic E-state index is 5.34. The van der Waals surface area contributed by atoms with Crippen LogP contribution in [0.1, 0.15) is 33.5 Å². The van der Waals surface area contributed by atoms with Gasteiger partial charge in [-0.3, -0.25) is 4.90 Å². The minimum Gasteiger partial charge on any atom is -0.468 e. The standard InChI is InChI=1S/C14H26N2O/c1-12(9-15-14(2,3)4)10-16(5)11-13-7-6-8-17-13/h6-8,12,15H,9-11H2,1-5H3. The SMILES string of the molecule is CC(CNC(C)(C)C)CN(C)Cc1ccco1. The zero-order valence-corrected chi connectivity index (χ0v) is 11.8. The van der Waals surface area contributed by atoms with Gasteiger partial charge in [-0.2, -0.15) is 0 Å². The van der Waals surface area contributed by atoms with Gasteiger partial charge in [0, 0.05) is 12.1 Å². The van der Waals surface area contributed by atoms with Crippen molar-refractivity contribution in [1.29, 1.82) is 0 Å². The smallest absolute Gasteiger partial charge is 0.117 e. The fourth-order valence-electron chi connectivity index (χ4n) is 1.81. The van der Waals surface area contributed by atoms with Gasteiger partial charge in [-0.15, -0.1) is 0 Å². The summed E-state index contributed by atoms with van der Waals surface area (Å²) in [7, 11) is 2.14. The average molecular weight is 238 g/mol. The molecule has 0 fully saturated rings. The molecule has 0 aliphatic heterocycles.